The number of benzene rings is 2. The molecule has 28 heavy (non-hydrogen) atoms. The first kappa shape index (κ1) is 21.7. The van der Waals surface area contributed by atoms with Gasteiger partial charge in [-0.1, -0.05) is 60.7 Å². The molecule has 0 spiro atoms. The van der Waals surface area contributed by atoms with E-state index < -0.39 is 5.60 Å². The van der Waals surface area contributed by atoms with Gasteiger partial charge in [0.15, 0.2) is 5.78 Å². The summed E-state index contributed by atoms with van der Waals surface area (Å²) in [4.78, 5) is 26.8. The van der Waals surface area contributed by atoms with Gasteiger partial charge in [-0.25, -0.2) is 4.79 Å². The van der Waals surface area contributed by atoms with E-state index in [1.54, 1.807) is 4.90 Å². The predicted molar refractivity (Wildman–Crippen MR) is 112 cm³/mol. The number of ether oxygens (including phenoxy) is 1. The van der Waals surface area contributed by atoms with Crippen molar-refractivity contribution >= 4 is 11.9 Å². The molecule has 0 aliphatic heterocycles. The van der Waals surface area contributed by atoms with Crippen LogP contribution in [0.5, 0.6) is 0 Å². The van der Waals surface area contributed by atoms with E-state index in [-0.39, 0.29) is 17.9 Å². The number of carbonyl (C=O) groups excluding carboxylic acids is 2. The van der Waals surface area contributed by atoms with Crippen LogP contribution in [0.15, 0.2) is 60.7 Å². The fourth-order valence-corrected chi connectivity index (χ4v) is 3.01. The van der Waals surface area contributed by atoms with Crippen LogP contribution in [0.2, 0.25) is 0 Å². The van der Waals surface area contributed by atoms with Crippen molar-refractivity contribution in [3.8, 4) is 0 Å². The van der Waals surface area contributed by atoms with Gasteiger partial charge in [0.1, 0.15) is 5.60 Å². The summed E-state index contributed by atoms with van der Waals surface area (Å²) in [6.07, 6.45) is 1.63. The quantitative estimate of drug-likeness (QED) is 0.414. The van der Waals surface area contributed by atoms with E-state index in [1.165, 1.54) is 0 Å². The molecule has 1 atom stereocenters. The zero-order valence-electron chi connectivity index (χ0n) is 17.4. The average molecular weight is 382 g/mol. The Hall–Kier alpha value is -2.62. The minimum absolute atomic E-state index is 0.0964. The normalized spacial score (nSPS) is 12.3. The number of amides is 1. The van der Waals surface area contributed by atoms with Gasteiger partial charge in [0, 0.05) is 18.5 Å². The number of ketones is 1. The number of Topliss-reactive ketones (excluding diaryl/α,β-unsaturated/α-hetero) is 1. The molecule has 0 unspecified atom stereocenters. The summed E-state index contributed by atoms with van der Waals surface area (Å²) in [5, 5.41) is 0. The Labute approximate surface area is 168 Å². The molecule has 0 saturated carbocycles. The van der Waals surface area contributed by atoms with Gasteiger partial charge in [0.2, 0.25) is 0 Å². The predicted octanol–water partition coefficient (Wildman–Crippen LogP) is 6.04. The second kappa shape index (κ2) is 10.1. The van der Waals surface area contributed by atoms with Crippen LogP contribution in [0, 0.1) is 0 Å². The molecule has 0 N–H and O–H groups in total. The highest BCUT2D eigenvalue weighted by molar-refractivity contribution is 5.95. The fraction of sp³-hybridized carbons (Fsp3) is 0.417. The number of hydrogen-bond donors (Lipinski definition) is 0. The number of hydrogen-bond acceptors (Lipinski definition) is 3. The first-order valence-corrected chi connectivity index (χ1v) is 9.91. The van der Waals surface area contributed by atoms with Crippen molar-refractivity contribution in [2.24, 2.45) is 0 Å². The van der Waals surface area contributed by atoms with Gasteiger partial charge >= 0.3 is 6.09 Å². The summed E-state index contributed by atoms with van der Waals surface area (Å²) in [6.45, 7) is 8.17. The molecule has 4 heteroatoms. The van der Waals surface area contributed by atoms with E-state index in [0.29, 0.717) is 13.0 Å². The highest BCUT2D eigenvalue weighted by atomic mass is 16.6. The molecule has 0 heterocycles. The van der Waals surface area contributed by atoms with E-state index in [4.69, 9.17) is 4.74 Å². The van der Waals surface area contributed by atoms with Gasteiger partial charge in [0.05, 0.1) is 6.04 Å². The molecule has 2 aromatic rings. The van der Waals surface area contributed by atoms with Crippen molar-refractivity contribution in [3.63, 3.8) is 0 Å². The topological polar surface area (TPSA) is 46.6 Å². The fourth-order valence-electron chi connectivity index (χ4n) is 3.01. The monoisotopic (exact) mass is 381 g/mol. The van der Waals surface area contributed by atoms with E-state index in [2.05, 4.69) is 0 Å². The third-order valence-corrected chi connectivity index (χ3v) is 4.53. The molecule has 150 valence electrons. The molecule has 1 amide bonds. The summed E-state index contributed by atoms with van der Waals surface area (Å²) < 4.78 is 5.61. The number of carbonyl (C=O) groups is 2. The largest absolute Gasteiger partial charge is 0.444 e. The molecule has 0 bridgehead atoms. The standard InChI is InChI=1S/C24H31NO3/c1-19(20-13-7-5-8-14-20)25(23(27)28-24(2,3)4)18-12-11-17-22(26)21-15-9-6-10-16-21/h5-10,13-16,19H,11-12,17-18H2,1-4H3/t19-/m1/s1. The van der Waals surface area contributed by atoms with Crippen LogP contribution >= 0.6 is 0 Å². The first-order chi connectivity index (χ1) is 13.3. The highest BCUT2D eigenvalue weighted by Crippen LogP contribution is 2.23. The lowest BCUT2D eigenvalue weighted by Gasteiger charge is -2.32. The summed E-state index contributed by atoms with van der Waals surface area (Å²) >= 11 is 0. The third kappa shape index (κ3) is 6.84. The van der Waals surface area contributed by atoms with Crippen LogP contribution in [-0.4, -0.2) is 28.9 Å². The Morgan fingerprint density at radius 2 is 1.50 bits per heavy atom. The van der Waals surface area contributed by atoms with Crippen LogP contribution in [0.25, 0.3) is 0 Å². The average Bonchev–Trinajstić information content (AvgIpc) is 2.67. The second-order valence-electron chi connectivity index (χ2n) is 8.01. The molecule has 2 aromatic carbocycles. The Kier molecular flexibility index (Phi) is 7.80. The summed E-state index contributed by atoms with van der Waals surface area (Å²) in [5.41, 5.74) is 1.26. The summed E-state index contributed by atoms with van der Waals surface area (Å²) in [5.74, 6) is 0.139. The van der Waals surface area contributed by atoms with Gasteiger partial charge in [-0.15, -0.1) is 0 Å². The molecule has 0 aromatic heterocycles. The van der Waals surface area contributed by atoms with Crippen LogP contribution < -0.4 is 0 Å². The molecule has 2 rings (SSSR count). The van der Waals surface area contributed by atoms with Crippen molar-refractivity contribution in [1.29, 1.82) is 0 Å². The SMILES string of the molecule is C[C@H](c1ccccc1)N(CCCCC(=O)c1ccccc1)C(=O)OC(C)(C)C. The van der Waals surface area contributed by atoms with Crippen molar-refractivity contribution in [1.82, 2.24) is 4.90 Å². The molecular weight excluding hydrogens is 350 g/mol. The molecule has 0 fully saturated rings. The van der Waals surface area contributed by atoms with Crippen LogP contribution in [0.3, 0.4) is 0 Å². The molecule has 0 aliphatic rings. The maximum Gasteiger partial charge on any atom is 0.410 e. The Balaban J connectivity index is 1.97. The van der Waals surface area contributed by atoms with Gasteiger partial charge in [-0.3, -0.25) is 4.79 Å². The van der Waals surface area contributed by atoms with Gasteiger partial charge in [-0.05, 0) is 46.1 Å². The first-order valence-electron chi connectivity index (χ1n) is 9.91. The van der Waals surface area contributed by atoms with Crippen LogP contribution in [0.1, 0.15) is 68.9 Å². The van der Waals surface area contributed by atoms with Crippen molar-refractivity contribution in [2.75, 3.05) is 6.54 Å². The van der Waals surface area contributed by atoms with E-state index in [9.17, 15) is 9.59 Å². The maximum absolute atomic E-state index is 12.8. The maximum atomic E-state index is 12.8. The van der Waals surface area contributed by atoms with Gasteiger partial charge in [0.25, 0.3) is 0 Å². The lowest BCUT2D eigenvalue weighted by Crippen LogP contribution is -2.39. The molecular formula is C24H31NO3. The third-order valence-electron chi connectivity index (χ3n) is 4.53. The van der Waals surface area contributed by atoms with E-state index in [0.717, 1.165) is 24.0 Å². The zero-order chi connectivity index (χ0) is 20.6. The lowest BCUT2D eigenvalue weighted by atomic mass is 10.0. The Morgan fingerprint density at radius 3 is 2.07 bits per heavy atom. The van der Waals surface area contributed by atoms with E-state index >= 15 is 0 Å². The van der Waals surface area contributed by atoms with Crippen molar-refractivity contribution < 1.29 is 14.3 Å². The minimum Gasteiger partial charge on any atom is -0.444 e. The van der Waals surface area contributed by atoms with Crippen LogP contribution in [-0.2, 0) is 4.74 Å². The van der Waals surface area contributed by atoms with Crippen molar-refractivity contribution in [2.45, 2.75) is 58.6 Å². The molecule has 4 nitrogen and oxygen atoms in total. The van der Waals surface area contributed by atoms with Gasteiger partial charge < -0.3 is 9.64 Å². The number of unbranched alkanes of at least 4 members (excludes halogenated alkanes) is 1. The van der Waals surface area contributed by atoms with Gasteiger partial charge in [-0.2, -0.15) is 0 Å². The Morgan fingerprint density at radius 1 is 0.929 bits per heavy atom. The smallest absolute Gasteiger partial charge is 0.410 e. The minimum atomic E-state index is -0.547. The Bertz CT molecular complexity index is 750. The molecule has 0 saturated heterocycles. The van der Waals surface area contributed by atoms with E-state index in [1.807, 2.05) is 88.4 Å². The number of nitrogens with zero attached hydrogens (tertiary/aromatic N) is 1. The number of rotatable bonds is 8. The van der Waals surface area contributed by atoms with Crippen molar-refractivity contribution in [3.05, 3.63) is 71.8 Å². The molecule has 0 radical (unpaired) electrons. The summed E-state index contributed by atoms with van der Waals surface area (Å²) in [7, 11) is 0. The molecule has 0 aliphatic carbocycles. The van der Waals surface area contributed by atoms with Crippen LogP contribution in [0.4, 0.5) is 4.79 Å². The lowest BCUT2D eigenvalue weighted by molar-refractivity contribution is 0.0170. The zero-order valence-corrected chi connectivity index (χ0v) is 17.4. The highest BCUT2D eigenvalue weighted by Gasteiger charge is 2.26. The second-order valence-corrected chi connectivity index (χ2v) is 8.01. The summed E-state index contributed by atoms with van der Waals surface area (Å²) in [6, 6.07) is 19.2.